The molecule has 1 aliphatic heterocycles. The van der Waals surface area contributed by atoms with Crippen LogP contribution in [0.2, 0.25) is 0 Å². The van der Waals surface area contributed by atoms with Crippen LogP contribution in [0, 0.1) is 10.7 Å². The van der Waals surface area contributed by atoms with E-state index >= 15 is 0 Å². The normalized spacial score (nSPS) is 13.9. The van der Waals surface area contributed by atoms with Gasteiger partial charge in [-0.1, -0.05) is 0 Å². The average Bonchev–Trinajstić information content (AvgIpc) is 3.62. The number of phenols is 1. The highest BCUT2D eigenvalue weighted by Crippen LogP contribution is 2.35. The van der Waals surface area contributed by atoms with E-state index < -0.39 is 66.1 Å². The Morgan fingerprint density at radius 2 is 1.10 bits per heavy atom. The molecule has 0 spiro atoms. The second kappa shape index (κ2) is 32.6. The highest BCUT2D eigenvalue weighted by atomic mass is 127. The lowest BCUT2D eigenvalue weighted by molar-refractivity contribution is -0.142. The summed E-state index contributed by atoms with van der Waals surface area (Å²) in [5.74, 6) is -5.08. The van der Waals surface area contributed by atoms with Crippen molar-refractivity contribution in [1.82, 2.24) is 26.2 Å². The largest absolute Gasteiger partial charge is 0.507 e. The minimum atomic E-state index is -1.59. The lowest BCUT2D eigenvalue weighted by atomic mass is 10.0. The van der Waals surface area contributed by atoms with Gasteiger partial charge in [0.05, 0.1) is 103 Å². The summed E-state index contributed by atoms with van der Waals surface area (Å²) in [6, 6.07) is 2.72. The van der Waals surface area contributed by atoms with Crippen molar-refractivity contribution in [1.29, 1.82) is 0 Å². The van der Waals surface area contributed by atoms with Crippen LogP contribution in [0.15, 0.2) is 42.5 Å². The molecule has 70 heavy (non-hydrogen) atoms. The molecule has 0 radical (unpaired) electrons. The summed E-state index contributed by atoms with van der Waals surface area (Å²) in [5, 5.41) is 29.5. The number of nitrogens with zero attached hydrogens (tertiary/aromatic N) is 1. The standard InChI is InChI=1S/C44H57I3N6O17/c1-26(49-37(56)7-9-64-11-13-66-15-17-68-19-20-69-18-16-67-14-12-65-10-8-53-38(57)5-6-39(53)58)41(59)50-27(2)42(60)51-33(25-36(48)55)43(61)52-34(44(62)63)23-28-21-31(46)40(32(47)22-28)70-29-3-4-35(54)30(45)24-29/h3-6,21-22,24,26-27,33-34,54H,7-20,23,25H2,1-2H3,(H2,48,55)(H,49,56)(H,50,59)(H,51,60)(H,52,61)(H,62,63)/t26-,27-,33+,34-/m0/s1. The van der Waals surface area contributed by atoms with E-state index in [1.54, 1.807) is 24.3 Å². The molecule has 1 heterocycles. The number of primary amides is 1. The Hall–Kier alpha value is -4.31. The Morgan fingerprint density at radius 1 is 0.629 bits per heavy atom. The van der Waals surface area contributed by atoms with E-state index in [2.05, 4.69) is 21.3 Å². The molecule has 4 atom stereocenters. The van der Waals surface area contributed by atoms with E-state index in [1.165, 1.54) is 32.1 Å². The third-order valence-electron chi connectivity index (χ3n) is 9.51. The fourth-order valence-electron chi connectivity index (χ4n) is 5.87. The number of rotatable bonds is 35. The number of halogens is 3. The molecule has 3 rings (SSSR count). The van der Waals surface area contributed by atoms with Gasteiger partial charge in [0.2, 0.25) is 29.5 Å². The number of nitrogens with one attached hydrogen (secondary N) is 4. The van der Waals surface area contributed by atoms with E-state index in [4.69, 9.17) is 38.9 Å². The SMILES string of the molecule is C[C@H](NC(=O)CCOCCOCCOCCOCCOCCOCCN1C(=O)C=CC1=O)C(=O)N[C@@H](C)C(=O)N[C@H](CC(N)=O)C(=O)N[C@@H](Cc1cc(I)c(Oc2ccc(O)c(I)c2)c(I)c1)C(=O)O. The van der Waals surface area contributed by atoms with Crippen LogP contribution in [0.4, 0.5) is 0 Å². The van der Waals surface area contributed by atoms with Crippen LogP contribution in [0.3, 0.4) is 0 Å². The van der Waals surface area contributed by atoms with Gasteiger partial charge in [-0.05, 0) is 118 Å². The Bertz CT molecular complexity index is 2110. The Labute approximate surface area is 444 Å². The van der Waals surface area contributed by atoms with Crippen molar-refractivity contribution in [3.8, 4) is 17.2 Å². The predicted octanol–water partition coefficient (Wildman–Crippen LogP) is 0.895. The first-order valence-electron chi connectivity index (χ1n) is 21.7. The van der Waals surface area contributed by atoms with Gasteiger partial charge in [-0.3, -0.25) is 38.5 Å². The highest BCUT2D eigenvalue weighted by Gasteiger charge is 2.31. The van der Waals surface area contributed by atoms with Crippen molar-refractivity contribution in [2.24, 2.45) is 5.73 Å². The molecule has 2 aromatic rings. The first kappa shape index (κ1) is 60.0. The maximum Gasteiger partial charge on any atom is 0.326 e. The van der Waals surface area contributed by atoms with Crippen LogP contribution in [0.25, 0.3) is 0 Å². The van der Waals surface area contributed by atoms with Gasteiger partial charge in [-0.2, -0.15) is 0 Å². The molecule has 26 heteroatoms. The maximum absolute atomic E-state index is 13.3. The van der Waals surface area contributed by atoms with Crippen molar-refractivity contribution in [3.63, 3.8) is 0 Å². The number of carboxylic acids is 1. The lowest BCUT2D eigenvalue weighted by Gasteiger charge is -2.23. The van der Waals surface area contributed by atoms with Crippen molar-refractivity contribution >= 4 is 115 Å². The van der Waals surface area contributed by atoms with Crippen LogP contribution >= 0.6 is 67.8 Å². The minimum absolute atomic E-state index is 0.0431. The number of carbonyl (C=O) groups excluding carboxylic acids is 7. The quantitative estimate of drug-likeness (QED) is 0.0286. The van der Waals surface area contributed by atoms with Crippen LogP contribution in [-0.4, -0.2) is 172 Å². The van der Waals surface area contributed by atoms with E-state index in [0.29, 0.717) is 80.6 Å². The molecular formula is C44H57I3N6O17. The Balaban J connectivity index is 1.26. The monoisotopic (exact) mass is 1320 g/mol. The smallest absolute Gasteiger partial charge is 0.326 e. The molecule has 23 nitrogen and oxygen atoms in total. The van der Waals surface area contributed by atoms with Crippen molar-refractivity contribution in [2.75, 3.05) is 85.8 Å². The molecule has 0 aliphatic carbocycles. The molecule has 0 fully saturated rings. The summed E-state index contributed by atoms with van der Waals surface area (Å²) in [7, 11) is 0. The number of carboxylic acid groups (broad SMARTS) is 1. The van der Waals surface area contributed by atoms with E-state index in [9.17, 15) is 48.6 Å². The fourth-order valence-corrected chi connectivity index (χ4v) is 8.47. The molecule has 0 aromatic heterocycles. The van der Waals surface area contributed by atoms with E-state index in [1.807, 2.05) is 67.8 Å². The average molecular weight is 1320 g/mol. The Kier molecular flexibility index (Phi) is 28.0. The number of carbonyl (C=O) groups is 8. The number of hydrogen-bond acceptors (Lipinski definition) is 16. The van der Waals surface area contributed by atoms with Crippen LogP contribution in [0.5, 0.6) is 17.2 Å². The van der Waals surface area contributed by atoms with Gasteiger partial charge in [0, 0.05) is 25.0 Å². The molecule has 0 unspecified atom stereocenters. The second-order valence-corrected chi connectivity index (χ2v) is 18.5. The summed E-state index contributed by atoms with van der Waals surface area (Å²) >= 11 is 6.04. The summed E-state index contributed by atoms with van der Waals surface area (Å²) in [4.78, 5) is 99.9. The van der Waals surface area contributed by atoms with Gasteiger partial charge in [-0.25, -0.2) is 4.79 Å². The fraction of sp³-hybridized carbons (Fsp3) is 0.500. The number of hydrogen-bond donors (Lipinski definition) is 7. The third kappa shape index (κ3) is 22.8. The van der Waals surface area contributed by atoms with E-state index in [-0.39, 0.29) is 63.4 Å². The predicted molar refractivity (Wildman–Crippen MR) is 272 cm³/mol. The van der Waals surface area contributed by atoms with Crippen molar-refractivity contribution in [2.45, 2.75) is 57.3 Å². The molecule has 2 aromatic carbocycles. The number of phenolic OH excluding ortho intramolecular Hbond substituents is 1. The number of imide groups is 1. The van der Waals surface area contributed by atoms with Crippen LogP contribution in [0.1, 0.15) is 32.3 Å². The molecule has 1 aliphatic rings. The number of aromatic hydroxyl groups is 1. The topological polar surface area (TPSA) is 319 Å². The zero-order valence-corrected chi connectivity index (χ0v) is 44.8. The zero-order chi connectivity index (χ0) is 51.6. The molecule has 386 valence electrons. The molecule has 0 saturated carbocycles. The number of nitrogens with two attached hydrogens (primary N) is 1. The molecule has 0 bridgehead atoms. The van der Waals surface area contributed by atoms with Crippen molar-refractivity contribution < 1.29 is 81.7 Å². The summed E-state index contributed by atoms with van der Waals surface area (Å²) in [6.45, 7) is 6.40. The van der Waals surface area contributed by atoms with Crippen LogP contribution < -0.4 is 31.7 Å². The van der Waals surface area contributed by atoms with Gasteiger partial charge < -0.3 is 70.4 Å². The van der Waals surface area contributed by atoms with Gasteiger partial charge in [0.1, 0.15) is 35.7 Å². The third-order valence-corrected chi connectivity index (χ3v) is 12.0. The lowest BCUT2D eigenvalue weighted by Crippen LogP contribution is -2.57. The molecular weight excluding hydrogens is 1270 g/mol. The van der Waals surface area contributed by atoms with Crippen molar-refractivity contribution in [3.05, 3.63) is 58.8 Å². The highest BCUT2D eigenvalue weighted by molar-refractivity contribution is 14.1. The number of ether oxygens (including phenoxy) is 7. The minimum Gasteiger partial charge on any atom is -0.507 e. The van der Waals surface area contributed by atoms with Crippen LogP contribution in [-0.2, 0) is 73.2 Å². The molecule has 8 N–H and O–H groups in total. The van der Waals surface area contributed by atoms with E-state index in [0.717, 1.165) is 4.90 Å². The number of amides is 7. The van der Waals surface area contributed by atoms with Gasteiger partial charge in [-0.15, -0.1) is 0 Å². The second-order valence-electron chi connectivity index (χ2n) is 15.0. The summed E-state index contributed by atoms with van der Waals surface area (Å²) in [6.07, 6.45) is 1.53. The first-order valence-corrected chi connectivity index (χ1v) is 25.0. The summed E-state index contributed by atoms with van der Waals surface area (Å²) < 4.78 is 40.4. The number of aliphatic carboxylic acids is 1. The summed E-state index contributed by atoms with van der Waals surface area (Å²) in [5.41, 5.74) is 5.88. The van der Waals surface area contributed by atoms with Gasteiger partial charge >= 0.3 is 5.97 Å². The number of benzene rings is 2. The molecule has 0 saturated heterocycles. The maximum atomic E-state index is 13.3. The van der Waals surface area contributed by atoms with Gasteiger partial charge in [0.15, 0.2) is 5.75 Å². The molecule has 7 amide bonds. The first-order chi connectivity index (χ1) is 33.4. The zero-order valence-electron chi connectivity index (χ0n) is 38.3. The Morgan fingerprint density at radius 3 is 1.60 bits per heavy atom. The van der Waals surface area contributed by atoms with Gasteiger partial charge in [0.25, 0.3) is 11.8 Å².